The van der Waals surface area contributed by atoms with Crippen LogP contribution in [0.25, 0.3) is 11.2 Å². The molecule has 0 aliphatic rings. The average molecular weight is 515 g/mol. The zero-order valence-electron chi connectivity index (χ0n) is 21.0. The molecule has 0 aliphatic heterocycles. The molecule has 0 amide bonds. The quantitative estimate of drug-likeness (QED) is 0.279. The van der Waals surface area contributed by atoms with Gasteiger partial charge in [0.15, 0.2) is 18.1 Å². The first kappa shape index (κ1) is 28.6. The summed E-state index contributed by atoms with van der Waals surface area (Å²) in [6.45, 7) is 9.97. The highest BCUT2D eigenvalue weighted by Gasteiger charge is 2.39. The molecule has 0 saturated carbocycles. The normalized spacial score (nSPS) is 14.6. The van der Waals surface area contributed by atoms with Gasteiger partial charge in [0.1, 0.15) is 23.7 Å². The lowest BCUT2D eigenvalue weighted by atomic mass is 10.1. The second-order valence-electron chi connectivity index (χ2n) is 8.79. The van der Waals surface area contributed by atoms with Gasteiger partial charge in [-0.25, -0.2) is 24.8 Å². The van der Waals surface area contributed by atoms with E-state index in [1.54, 1.807) is 31.7 Å². The minimum Gasteiger partial charge on any atom is -0.464 e. The van der Waals surface area contributed by atoms with Gasteiger partial charge in [-0.3, -0.25) is 9.36 Å². The Bertz CT molecular complexity index is 1060. The monoisotopic (exact) mass is 514 g/mol. The van der Waals surface area contributed by atoms with Crippen LogP contribution in [-0.4, -0.2) is 68.8 Å². The summed E-state index contributed by atoms with van der Waals surface area (Å²) in [5.74, 6) is -1.04. The number of hydrogen-bond acceptors (Lipinski definition) is 11. The lowest BCUT2D eigenvalue weighted by molar-refractivity contribution is -0.149. The predicted octanol–water partition coefficient (Wildman–Crippen LogP) is 2.25. The molecule has 0 radical (unpaired) electrons. The molecule has 13 nitrogen and oxygen atoms in total. The molecule has 2 rings (SSSR count). The van der Waals surface area contributed by atoms with E-state index in [2.05, 4.69) is 20.0 Å². The third-order valence-corrected chi connectivity index (χ3v) is 6.50. The third kappa shape index (κ3) is 8.53. The Balaban J connectivity index is 2.11. The first-order valence-electron chi connectivity index (χ1n) is 11.3. The van der Waals surface area contributed by atoms with Crippen molar-refractivity contribution in [2.24, 2.45) is 0 Å². The van der Waals surface area contributed by atoms with Gasteiger partial charge in [-0.2, -0.15) is 0 Å². The summed E-state index contributed by atoms with van der Waals surface area (Å²) in [6.07, 6.45) is 2.27. The van der Waals surface area contributed by atoms with Crippen LogP contribution in [0.4, 0.5) is 5.82 Å². The number of aromatic nitrogens is 4. The number of hydrogen-bond donors (Lipinski definition) is 2. The maximum Gasteiger partial charge on any atom is 0.332 e. The van der Waals surface area contributed by atoms with E-state index in [-0.39, 0.29) is 18.5 Å². The molecule has 0 aliphatic carbocycles. The van der Waals surface area contributed by atoms with Gasteiger partial charge in [0.05, 0.1) is 31.7 Å². The number of anilines is 1. The topological polar surface area (TPSA) is 170 Å². The molecular weight excluding hydrogens is 479 g/mol. The molecule has 3 N–H and O–H groups in total. The van der Waals surface area contributed by atoms with Crippen LogP contribution in [0.1, 0.15) is 48.0 Å². The van der Waals surface area contributed by atoms with Crippen LogP contribution in [0.5, 0.6) is 0 Å². The molecule has 0 bridgehead atoms. The van der Waals surface area contributed by atoms with E-state index in [0.717, 1.165) is 0 Å². The van der Waals surface area contributed by atoms with Crippen molar-refractivity contribution < 1.29 is 32.9 Å². The summed E-state index contributed by atoms with van der Waals surface area (Å²) in [7, 11) is -3.87. The van der Waals surface area contributed by atoms with E-state index in [1.807, 2.05) is 6.92 Å². The van der Waals surface area contributed by atoms with Crippen molar-refractivity contribution >= 4 is 36.4 Å². The highest BCUT2D eigenvalue weighted by atomic mass is 31.2. The Morgan fingerprint density at radius 3 is 2.60 bits per heavy atom. The summed E-state index contributed by atoms with van der Waals surface area (Å²) in [5, 5.41) is 2.71. The molecule has 35 heavy (non-hydrogen) atoms. The van der Waals surface area contributed by atoms with Gasteiger partial charge in [-0.1, -0.05) is 6.92 Å². The number of ether oxygens (including phenoxy) is 3. The number of nitrogens with one attached hydrogen (secondary N) is 1. The van der Waals surface area contributed by atoms with Crippen molar-refractivity contribution in [3.05, 3.63) is 12.7 Å². The van der Waals surface area contributed by atoms with Gasteiger partial charge in [-0.05, 0) is 41.0 Å². The summed E-state index contributed by atoms with van der Waals surface area (Å²) >= 11 is 0. The van der Waals surface area contributed by atoms with Crippen LogP contribution in [-0.2, 0) is 39.4 Å². The maximum absolute atomic E-state index is 13.6. The molecule has 0 saturated heterocycles. The summed E-state index contributed by atoms with van der Waals surface area (Å²) in [4.78, 5) is 36.7. The lowest BCUT2D eigenvalue weighted by Crippen LogP contribution is -2.47. The molecule has 196 valence electrons. The first-order chi connectivity index (χ1) is 16.4. The fourth-order valence-electron chi connectivity index (χ4n) is 2.99. The number of fused-ring (bicyclic) bond motifs is 1. The molecule has 2 aromatic heterocycles. The highest BCUT2D eigenvalue weighted by molar-refractivity contribution is 7.56. The second-order valence-corrected chi connectivity index (χ2v) is 10.9. The SMILES string of the molecule is CCCOC(=O)C(C)(C)NP(=O)(COC(C)Cn1cnc2c(N)ncnc21)OCC(=O)OC(C)C. The van der Waals surface area contributed by atoms with Gasteiger partial charge in [-0.15, -0.1) is 0 Å². The average Bonchev–Trinajstić information content (AvgIpc) is 3.18. The molecule has 0 spiro atoms. The summed E-state index contributed by atoms with van der Waals surface area (Å²) in [5.41, 5.74) is 5.45. The van der Waals surface area contributed by atoms with E-state index in [1.165, 1.54) is 20.2 Å². The Kier molecular flexibility index (Phi) is 10.1. The maximum atomic E-state index is 13.6. The van der Waals surface area contributed by atoms with Crippen molar-refractivity contribution in [1.29, 1.82) is 0 Å². The van der Waals surface area contributed by atoms with Crippen LogP contribution in [0.3, 0.4) is 0 Å². The molecule has 0 fully saturated rings. The van der Waals surface area contributed by atoms with Crippen molar-refractivity contribution in [3.63, 3.8) is 0 Å². The third-order valence-electron chi connectivity index (χ3n) is 4.57. The van der Waals surface area contributed by atoms with Crippen molar-refractivity contribution in [1.82, 2.24) is 24.6 Å². The van der Waals surface area contributed by atoms with E-state index in [0.29, 0.717) is 24.1 Å². The molecule has 0 aromatic carbocycles. The van der Waals surface area contributed by atoms with Gasteiger partial charge in [0.25, 0.3) is 7.52 Å². The zero-order valence-corrected chi connectivity index (χ0v) is 21.9. The molecule has 2 aromatic rings. The predicted molar refractivity (Wildman–Crippen MR) is 128 cm³/mol. The molecule has 2 unspecified atom stereocenters. The van der Waals surface area contributed by atoms with Gasteiger partial charge < -0.3 is 29.0 Å². The van der Waals surface area contributed by atoms with Crippen LogP contribution in [0, 0.1) is 0 Å². The number of nitrogens with zero attached hydrogens (tertiary/aromatic N) is 4. The molecule has 2 heterocycles. The Morgan fingerprint density at radius 2 is 1.94 bits per heavy atom. The second kappa shape index (κ2) is 12.4. The largest absolute Gasteiger partial charge is 0.464 e. The van der Waals surface area contributed by atoms with Gasteiger partial charge in [0.2, 0.25) is 0 Å². The minimum atomic E-state index is -3.87. The number of imidazole rings is 1. The Morgan fingerprint density at radius 1 is 1.23 bits per heavy atom. The highest BCUT2D eigenvalue weighted by Crippen LogP contribution is 2.45. The smallest absolute Gasteiger partial charge is 0.332 e. The van der Waals surface area contributed by atoms with Gasteiger partial charge >= 0.3 is 11.9 Å². The van der Waals surface area contributed by atoms with Gasteiger partial charge in [0, 0.05) is 0 Å². The van der Waals surface area contributed by atoms with Crippen LogP contribution >= 0.6 is 7.52 Å². The van der Waals surface area contributed by atoms with E-state index < -0.39 is 44.1 Å². The van der Waals surface area contributed by atoms with Crippen LogP contribution < -0.4 is 10.8 Å². The molecular formula is C21H35N6O7P. The van der Waals surface area contributed by atoms with E-state index in [9.17, 15) is 14.2 Å². The minimum absolute atomic E-state index is 0.219. The van der Waals surface area contributed by atoms with Crippen LogP contribution in [0.2, 0.25) is 0 Å². The van der Waals surface area contributed by atoms with Crippen LogP contribution in [0.15, 0.2) is 12.7 Å². The molecule has 2 atom stereocenters. The number of esters is 2. The number of nitrogens with two attached hydrogens (primary N) is 1. The summed E-state index contributed by atoms with van der Waals surface area (Å²) < 4.78 is 36.8. The fourth-order valence-corrected chi connectivity index (χ4v) is 4.90. The van der Waals surface area contributed by atoms with E-state index >= 15 is 0 Å². The van der Waals surface area contributed by atoms with Crippen molar-refractivity contribution in [3.8, 4) is 0 Å². The number of rotatable bonds is 14. The number of nitrogen functional groups attached to an aromatic ring is 1. The van der Waals surface area contributed by atoms with Crippen molar-refractivity contribution in [2.75, 3.05) is 25.3 Å². The fraction of sp³-hybridized carbons (Fsp3) is 0.667. The van der Waals surface area contributed by atoms with E-state index in [4.69, 9.17) is 24.5 Å². The first-order valence-corrected chi connectivity index (χ1v) is 13.1. The summed E-state index contributed by atoms with van der Waals surface area (Å²) in [6, 6.07) is 0. The standard InChI is InChI=1S/C21H35N6O7P/c1-7-8-31-20(29)21(5,6)26-35(30,33-10-16(28)34-14(2)3)13-32-15(4)9-27-12-25-17-18(22)23-11-24-19(17)27/h11-12,14-15H,7-10,13H2,1-6H3,(H,26,30)(H2,22,23,24). The Labute approximate surface area is 204 Å². The lowest BCUT2D eigenvalue weighted by Gasteiger charge is -2.30. The zero-order chi connectivity index (χ0) is 26.2. The molecule has 14 heteroatoms. The number of carbonyl (C=O) groups is 2. The Hall–Kier alpha value is -2.60. The van der Waals surface area contributed by atoms with Crippen molar-refractivity contribution in [2.45, 2.75) is 72.3 Å². The number of carbonyl (C=O) groups excluding carboxylic acids is 2.